The summed E-state index contributed by atoms with van der Waals surface area (Å²) in [4.78, 5) is 2.42. The van der Waals surface area contributed by atoms with Crippen LogP contribution in [0.15, 0.2) is 16.7 Å². The predicted octanol–water partition coefficient (Wildman–Crippen LogP) is 2.37. The van der Waals surface area contributed by atoms with Gasteiger partial charge in [-0.05, 0) is 26.0 Å². The highest BCUT2D eigenvalue weighted by atomic mass is 16.3. The van der Waals surface area contributed by atoms with Gasteiger partial charge in [-0.15, -0.1) is 0 Å². The summed E-state index contributed by atoms with van der Waals surface area (Å²) in [6, 6.07) is 3.40. The van der Waals surface area contributed by atoms with Crippen molar-refractivity contribution >= 4 is 0 Å². The highest BCUT2D eigenvalue weighted by Crippen LogP contribution is 2.27. The molecule has 0 amide bonds. The molecule has 0 aliphatic heterocycles. The van der Waals surface area contributed by atoms with Crippen LogP contribution in [0.3, 0.4) is 0 Å². The van der Waals surface area contributed by atoms with Crippen LogP contribution in [-0.4, -0.2) is 24.0 Å². The molecule has 2 rings (SSSR count). The van der Waals surface area contributed by atoms with Crippen LogP contribution >= 0.6 is 0 Å². The van der Waals surface area contributed by atoms with E-state index in [2.05, 4.69) is 37.2 Å². The highest BCUT2D eigenvalue weighted by Gasteiger charge is 2.26. The molecule has 0 atom stereocenters. The Morgan fingerprint density at radius 1 is 1.50 bits per heavy atom. The van der Waals surface area contributed by atoms with Gasteiger partial charge >= 0.3 is 0 Å². The van der Waals surface area contributed by atoms with E-state index in [-0.39, 0.29) is 0 Å². The smallest absolute Gasteiger partial charge is 0.122 e. The lowest BCUT2D eigenvalue weighted by atomic mass is 10.2. The molecule has 1 saturated carbocycles. The lowest BCUT2D eigenvalue weighted by Gasteiger charge is -2.15. The summed E-state index contributed by atoms with van der Waals surface area (Å²) in [6.45, 7) is 6.15. The first kappa shape index (κ1) is 11.7. The number of nitrogens with zero attached hydrogens (tertiary/aromatic N) is 1. The van der Waals surface area contributed by atoms with Gasteiger partial charge in [0.1, 0.15) is 5.76 Å². The standard InChI is InChI=1S/C13H22N2O/c1-10(2)14-8-13-11(6-7-16-13)9-15(3)12-4-5-12/h6-7,10,12,14H,4-5,8-9H2,1-3H3. The van der Waals surface area contributed by atoms with Crippen LogP contribution < -0.4 is 5.32 Å². The van der Waals surface area contributed by atoms with Crippen LogP contribution in [0.25, 0.3) is 0 Å². The Hall–Kier alpha value is -0.800. The van der Waals surface area contributed by atoms with Gasteiger partial charge in [-0.25, -0.2) is 0 Å². The van der Waals surface area contributed by atoms with E-state index in [4.69, 9.17) is 4.42 Å². The van der Waals surface area contributed by atoms with Crippen LogP contribution in [0.4, 0.5) is 0 Å². The van der Waals surface area contributed by atoms with Gasteiger partial charge in [-0.3, -0.25) is 4.90 Å². The summed E-state index contributed by atoms with van der Waals surface area (Å²) in [7, 11) is 2.20. The summed E-state index contributed by atoms with van der Waals surface area (Å²) in [5, 5.41) is 3.39. The van der Waals surface area contributed by atoms with Crippen molar-refractivity contribution in [1.82, 2.24) is 10.2 Å². The summed E-state index contributed by atoms with van der Waals surface area (Å²) < 4.78 is 5.53. The van der Waals surface area contributed by atoms with Crippen molar-refractivity contribution in [2.75, 3.05) is 7.05 Å². The van der Waals surface area contributed by atoms with Crippen molar-refractivity contribution in [3.8, 4) is 0 Å². The van der Waals surface area contributed by atoms with Crippen LogP contribution in [0, 0.1) is 0 Å². The Morgan fingerprint density at radius 3 is 2.88 bits per heavy atom. The van der Waals surface area contributed by atoms with E-state index >= 15 is 0 Å². The second-order valence-corrected chi connectivity index (χ2v) is 5.05. The van der Waals surface area contributed by atoms with Gasteiger partial charge in [-0.2, -0.15) is 0 Å². The van der Waals surface area contributed by atoms with Crippen LogP contribution in [-0.2, 0) is 13.1 Å². The average molecular weight is 222 g/mol. The van der Waals surface area contributed by atoms with Gasteiger partial charge in [0, 0.05) is 24.2 Å². The van der Waals surface area contributed by atoms with E-state index in [1.54, 1.807) is 6.26 Å². The lowest BCUT2D eigenvalue weighted by Crippen LogP contribution is -2.24. The molecule has 0 unspecified atom stereocenters. The molecule has 0 aromatic carbocycles. The molecule has 1 heterocycles. The fraction of sp³-hybridized carbons (Fsp3) is 0.692. The number of hydrogen-bond donors (Lipinski definition) is 1. The fourth-order valence-corrected chi connectivity index (χ4v) is 1.87. The zero-order valence-electron chi connectivity index (χ0n) is 10.5. The van der Waals surface area contributed by atoms with Gasteiger partial charge in [0.15, 0.2) is 0 Å². The maximum Gasteiger partial charge on any atom is 0.122 e. The summed E-state index contributed by atoms with van der Waals surface area (Å²) in [5.74, 6) is 1.08. The van der Waals surface area contributed by atoms with Crippen molar-refractivity contribution < 1.29 is 4.42 Å². The van der Waals surface area contributed by atoms with Gasteiger partial charge in [0.25, 0.3) is 0 Å². The fourth-order valence-electron chi connectivity index (χ4n) is 1.87. The quantitative estimate of drug-likeness (QED) is 0.801. The number of rotatable bonds is 6. The normalized spacial score (nSPS) is 16.3. The van der Waals surface area contributed by atoms with Crippen molar-refractivity contribution in [1.29, 1.82) is 0 Å². The average Bonchev–Trinajstić information content (AvgIpc) is 2.99. The van der Waals surface area contributed by atoms with Gasteiger partial charge in [0.05, 0.1) is 12.8 Å². The molecule has 16 heavy (non-hydrogen) atoms. The summed E-state index contributed by atoms with van der Waals surface area (Å²) in [6.07, 6.45) is 4.51. The monoisotopic (exact) mass is 222 g/mol. The molecule has 1 aliphatic carbocycles. The van der Waals surface area contributed by atoms with E-state index in [9.17, 15) is 0 Å². The van der Waals surface area contributed by atoms with Crippen LogP contribution in [0.5, 0.6) is 0 Å². The molecular weight excluding hydrogens is 200 g/mol. The topological polar surface area (TPSA) is 28.4 Å². The zero-order valence-corrected chi connectivity index (χ0v) is 10.5. The first-order valence-corrected chi connectivity index (χ1v) is 6.15. The molecular formula is C13H22N2O. The Balaban J connectivity index is 1.90. The third kappa shape index (κ3) is 3.09. The van der Waals surface area contributed by atoms with Crippen molar-refractivity contribution in [3.63, 3.8) is 0 Å². The Morgan fingerprint density at radius 2 is 2.25 bits per heavy atom. The Labute approximate surface area is 97.8 Å². The molecule has 1 N–H and O–H groups in total. The third-order valence-corrected chi connectivity index (χ3v) is 3.10. The number of nitrogens with one attached hydrogen (secondary N) is 1. The first-order chi connectivity index (χ1) is 7.66. The lowest BCUT2D eigenvalue weighted by molar-refractivity contribution is 0.312. The minimum absolute atomic E-state index is 0.499. The first-order valence-electron chi connectivity index (χ1n) is 6.15. The van der Waals surface area contributed by atoms with Crippen molar-refractivity contribution in [2.45, 2.75) is 51.9 Å². The molecule has 0 saturated heterocycles. The molecule has 1 aliphatic rings. The molecule has 1 aromatic rings. The molecule has 0 radical (unpaired) electrons. The van der Waals surface area contributed by atoms with Gasteiger partial charge in [-0.1, -0.05) is 13.8 Å². The highest BCUT2D eigenvalue weighted by molar-refractivity contribution is 5.17. The van der Waals surface area contributed by atoms with E-state index in [1.165, 1.54) is 18.4 Å². The molecule has 0 bridgehead atoms. The maximum atomic E-state index is 5.53. The molecule has 3 nitrogen and oxygen atoms in total. The van der Waals surface area contributed by atoms with Crippen LogP contribution in [0.2, 0.25) is 0 Å². The zero-order chi connectivity index (χ0) is 11.5. The van der Waals surface area contributed by atoms with Crippen molar-refractivity contribution in [3.05, 3.63) is 23.7 Å². The predicted molar refractivity (Wildman–Crippen MR) is 65.2 cm³/mol. The van der Waals surface area contributed by atoms with E-state index in [0.29, 0.717) is 6.04 Å². The largest absolute Gasteiger partial charge is 0.468 e. The minimum Gasteiger partial charge on any atom is -0.468 e. The molecule has 0 spiro atoms. The van der Waals surface area contributed by atoms with E-state index < -0.39 is 0 Å². The molecule has 1 fully saturated rings. The van der Waals surface area contributed by atoms with E-state index in [0.717, 1.165) is 24.9 Å². The molecule has 3 heteroatoms. The maximum absolute atomic E-state index is 5.53. The van der Waals surface area contributed by atoms with Gasteiger partial charge in [0.2, 0.25) is 0 Å². The second-order valence-electron chi connectivity index (χ2n) is 5.05. The number of furan rings is 1. The van der Waals surface area contributed by atoms with Crippen LogP contribution in [0.1, 0.15) is 38.0 Å². The second kappa shape index (κ2) is 5.02. The molecule has 1 aromatic heterocycles. The SMILES string of the molecule is CC(C)NCc1occc1CN(C)C1CC1. The van der Waals surface area contributed by atoms with E-state index in [1.807, 2.05) is 0 Å². The number of hydrogen-bond acceptors (Lipinski definition) is 3. The Kier molecular flexibility index (Phi) is 3.66. The Bertz CT molecular complexity index is 328. The minimum atomic E-state index is 0.499. The van der Waals surface area contributed by atoms with Gasteiger partial charge < -0.3 is 9.73 Å². The summed E-state index contributed by atoms with van der Waals surface area (Å²) in [5.41, 5.74) is 1.32. The summed E-state index contributed by atoms with van der Waals surface area (Å²) >= 11 is 0. The van der Waals surface area contributed by atoms with Crippen molar-refractivity contribution in [2.24, 2.45) is 0 Å². The third-order valence-electron chi connectivity index (χ3n) is 3.10. The molecule has 90 valence electrons.